The topological polar surface area (TPSA) is 89.6 Å². The molecule has 0 amide bonds. The van der Waals surface area contributed by atoms with Crippen LogP contribution < -0.4 is 11.1 Å². The van der Waals surface area contributed by atoms with Crippen LogP contribution in [-0.4, -0.2) is 20.2 Å². The minimum Gasteiger partial charge on any atom is -0.384 e. The highest BCUT2D eigenvalue weighted by Crippen LogP contribution is 2.27. The smallest absolute Gasteiger partial charge is 0.384 e. The van der Waals surface area contributed by atoms with Crippen LogP contribution in [-0.2, 0) is 12.7 Å². The molecule has 0 atom stereocenters. The first-order valence-electron chi connectivity index (χ1n) is 5.17. The second kappa shape index (κ2) is 5.04. The van der Waals surface area contributed by atoms with Gasteiger partial charge in [-0.15, -0.1) is 0 Å². The number of halogens is 3. The normalized spacial score (nSPS) is 11.3. The number of hydrogen-bond acceptors (Lipinski definition) is 6. The summed E-state index contributed by atoms with van der Waals surface area (Å²) >= 11 is 0. The summed E-state index contributed by atoms with van der Waals surface area (Å²) in [6.07, 6.45) is -3.15. The van der Waals surface area contributed by atoms with Gasteiger partial charge in [0.25, 0.3) is 0 Å². The van der Waals surface area contributed by atoms with Gasteiger partial charge in [0.05, 0.1) is 12.2 Å². The van der Waals surface area contributed by atoms with Crippen molar-refractivity contribution in [2.75, 3.05) is 11.1 Å². The Morgan fingerprint density at radius 3 is 2.68 bits per heavy atom. The summed E-state index contributed by atoms with van der Waals surface area (Å²) < 4.78 is 37.4. The van der Waals surface area contributed by atoms with Gasteiger partial charge in [0.2, 0.25) is 5.82 Å². The minimum absolute atomic E-state index is 0.0227. The number of alkyl halides is 3. The number of nitrogens with one attached hydrogen (secondary N) is 1. The molecule has 2 rings (SSSR count). The van der Waals surface area contributed by atoms with E-state index < -0.39 is 12.0 Å². The number of aromatic nitrogens is 4. The fourth-order valence-electron chi connectivity index (χ4n) is 1.29. The van der Waals surface area contributed by atoms with Crippen molar-refractivity contribution in [3.8, 4) is 0 Å². The lowest BCUT2D eigenvalue weighted by Gasteiger charge is -2.09. The van der Waals surface area contributed by atoms with Gasteiger partial charge >= 0.3 is 6.18 Å². The summed E-state index contributed by atoms with van der Waals surface area (Å²) in [5, 5.41) is 10.1. The van der Waals surface area contributed by atoms with Crippen LogP contribution in [0.25, 0.3) is 0 Å². The number of nitrogens with two attached hydrogens (primary N) is 1. The van der Waals surface area contributed by atoms with Crippen LogP contribution >= 0.6 is 0 Å². The molecule has 0 saturated heterocycles. The van der Waals surface area contributed by atoms with Gasteiger partial charge in [0.1, 0.15) is 11.6 Å². The van der Waals surface area contributed by atoms with E-state index in [-0.39, 0.29) is 18.2 Å². The number of nitrogens with zero attached hydrogens (tertiary/aromatic N) is 4. The molecule has 2 heterocycles. The summed E-state index contributed by atoms with van der Waals surface area (Å²) in [4.78, 5) is 6.48. The maximum Gasteiger partial charge on any atom is 0.451 e. The number of nitrogen functional groups attached to an aromatic ring is 1. The van der Waals surface area contributed by atoms with E-state index in [4.69, 9.17) is 5.73 Å². The third-order valence-corrected chi connectivity index (χ3v) is 2.08. The molecule has 0 aliphatic heterocycles. The molecule has 0 saturated carbocycles. The third-order valence-electron chi connectivity index (χ3n) is 2.08. The van der Waals surface area contributed by atoms with Crippen LogP contribution in [0.4, 0.5) is 24.8 Å². The first kappa shape index (κ1) is 13.0. The fraction of sp³-hybridized carbons (Fsp3) is 0.200. The van der Waals surface area contributed by atoms with Gasteiger partial charge in [-0.05, 0) is 12.1 Å². The van der Waals surface area contributed by atoms with E-state index in [1.54, 1.807) is 12.1 Å². The minimum atomic E-state index is -4.64. The predicted octanol–water partition coefficient (Wildman–Crippen LogP) is 1.48. The summed E-state index contributed by atoms with van der Waals surface area (Å²) in [7, 11) is 0. The van der Waals surface area contributed by atoms with Crippen molar-refractivity contribution in [2.45, 2.75) is 12.7 Å². The summed E-state index contributed by atoms with van der Waals surface area (Å²) in [6, 6.07) is 4.56. The fourth-order valence-corrected chi connectivity index (χ4v) is 1.29. The van der Waals surface area contributed by atoms with Crippen molar-refractivity contribution in [3.63, 3.8) is 0 Å². The summed E-state index contributed by atoms with van der Waals surface area (Å²) in [5.74, 6) is -1.57. The molecule has 0 bridgehead atoms. The molecule has 0 aliphatic rings. The molecule has 0 radical (unpaired) electrons. The SMILES string of the molecule is Nc1cc(NCc2cccnn2)nc(C(F)(F)F)n1. The quantitative estimate of drug-likeness (QED) is 0.878. The lowest BCUT2D eigenvalue weighted by atomic mass is 10.4. The van der Waals surface area contributed by atoms with Crippen molar-refractivity contribution in [2.24, 2.45) is 0 Å². The molecule has 3 N–H and O–H groups in total. The van der Waals surface area contributed by atoms with Gasteiger partial charge in [-0.2, -0.15) is 23.4 Å². The van der Waals surface area contributed by atoms with Crippen LogP contribution in [0.3, 0.4) is 0 Å². The summed E-state index contributed by atoms with van der Waals surface area (Å²) in [5.41, 5.74) is 5.87. The average molecular weight is 270 g/mol. The molecule has 100 valence electrons. The second-order valence-corrected chi connectivity index (χ2v) is 3.57. The van der Waals surface area contributed by atoms with Crippen LogP contribution in [0.2, 0.25) is 0 Å². The standard InChI is InChI=1S/C10H9F3N6/c11-10(12,13)9-17-7(14)4-8(18-9)15-5-6-2-1-3-16-19-6/h1-4H,5H2,(H3,14,15,17,18). The molecule has 0 spiro atoms. The van der Waals surface area contributed by atoms with E-state index in [9.17, 15) is 13.2 Å². The predicted molar refractivity (Wildman–Crippen MR) is 60.8 cm³/mol. The largest absolute Gasteiger partial charge is 0.451 e. The Hall–Kier alpha value is -2.45. The Labute approximate surface area is 105 Å². The van der Waals surface area contributed by atoms with Crippen LogP contribution in [0.15, 0.2) is 24.4 Å². The zero-order chi connectivity index (χ0) is 13.9. The van der Waals surface area contributed by atoms with Gasteiger partial charge in [-0.3, -0.25) is 0 Å². The Balaban J connectivity index is 2.15. The van der Waals surface area contributed by atoms with Crippen molar-refractivity contribution >= 4 is 11.6 Å². The molecule has 0 fully saturated rings. The highest BCUT2D eigenvalue weighted by molar-refractivity contribution is 5.45. The second-order valence-electron chi connectivity index (χ2n) is 3.57. The van der Waals surface area contributed by atoms with Gasteiger partial charge in [-0.25, -0.2) is 9.97 Å². The highest BCUT2D eigenvalue weighted by atomic mass is 19.4. The molecule has 2 aromatic heterocycles. The van der Waals surface area contributed by atoms with Crippen molar-refractivity contribution in [3.05, 3.63) is 35.9 Å². The molecular formula is C10H9F3N6. The molecule has 6 nitrogen and oxygen atoms in total. The first-order chi connectivity index (χ1) is 8.95. The monoisotopic (exact) mass is 270 g/mol. The number of rotatable bonds is 3. The van der Waals surface area contributed by atoms with E-state index in [0.717, 1.165) is 0 Å². The molecule has 0 aliphatic carbocycles. The number of hydrogen-bond donors (Lipinski definition) is 2. The zero-order valence-electron chi connectivity index (χ0n) is 9.52. The molecule has 9 heteroatoms. The Kier molecular flexibility index (Phi) is 3.45. The van der Waals surface area contributed by atoms with Gasteiger partial charge in [-0.1, -0.05) is 0 Å². The van der Waals surface area contributed by atoms with E-state index >= 15 is 0 Å². The van der Waals surface area contributed by atoms with Crippen LogP contribution in [0.5, 0.6) is 0 Å². The Bertz CT molecular complexity index is 557. The molecule has 2 aromatic rings. The summed E-state index contributed by atoms with van der Waals surface area (Å²) in [6.45, 7) is 0.182. The van der Waals surface area contributed by atoms with Crippen LogP contribution in [0.1, 0.15) is 11.5 Å². The third kappa shape index (κ3) is 3.50. The average Bonchev–Trinajstić information content (AvgIpc) is 2.36. The molecule has 0 aromatic carbocycles. The maximum atomic E-state index is 12.5. The Morgan fingerprint density at radius 1 is 1.26 bits per heavy atom. The number of anilines is 2. The lowest BCUT2D eigenvalue weighted by Crippen LogP contribution is -2.14. The molecule has 19 heavy (non-hydrogen) atoms. The molecular weight excluding hydrogens is 261 g/mol. The maximum absolute atomic E-state index is 12.5. The van der Waals surface area contributed by atoms with Crippen LogP contribution in [0, 0.1) is 0 Å². The van der Waals surface area contributed by atoms with E-state index in [1.807, 2.05) is 0 Å². The van der Waals surface area contributed by atoms with Gasteiger partial charge in [0.15, 0.2) is 0 Å². The van der Waals surface area contributed by atoms with Gasteiger partial charge in [0, 0.05) is 12.3 Å². The lowest BCUT2D eigenvalue weighted by molar-refractivity contribution is -0.144. The van der Waals surface area contributed by atoms with Crippen molar-refractivity contribution < 1.29 is 13.2 Å². The van der Waals surface area contributed by atoms with E-state index in [0.29, 0.717) is 5.69 Å². The highest BCUT2D eigenvalue weighted by Gasteiger charge is 2.35. The van der Waals surface area contributed by atoms with Crippen molar-refractivity contribution in [1.82, 2.24) is 20.2 Å². The first-order valence-corrected chi connectivity index (χ1v) is 5.17. The van der Waals surface area contributed by atoms with E-state index in [2.05, 4.69) is 25.5 Å². The van der Waals surface area contributed by atoms with Gasteiger partial charge < -0.3 is 11.1 Å². The Morgan fingerprint density at radius 2 is 2.05 bits per heavy atom. The zero-order valence-corrected chi connectivity index (χ0v) is 9.52. The molecule has 0 unspecified atom stereocenters. The van der Waals surface area contributed by atoms with E-state index in [1.165, 1.54) is 12.3 Å². The van der Waals surface area contributed by atoms with Crippen molar-refractivity contribution in [1.29, 1.82) is 0 Å².